The molecule has 1 saturated heterocycles. The first-order valence-corrected chi connectivity index (χ1v) is 8.13. The molecule has 1 N–H and O–H groups in total. The second-order valence-corrected chi connectivity index (χ2v) is 5.93. The Balaban J connectivity index is 1.38. The predicted molar refractivity (Wildman–Crippen MR) is 89.2 cm³/mol. The molecule has 1 fully saturated rings. The van der Waals surface area contributed by atoms with Crippen LogP contribution in [0.4, 0.5) is 6.01 Å². The molecule has 126 valence electrons. The molecule has 3 aromatic rings. The molecule has 7 heteroatoms. The zero-order valence-corrected chi connectivity index (χ0v) is 13.6. The van der Waals surface area contributed by atoms with Crippen LogP contribution >= 0.6 is 0 Å². The molecular weight excluding hydrogens is 308 g/mol. The lowest BCUT2D eigenvalue weighted by molar-refractivity contribution is 0.170. The number of fused-ring (bicyclic) bond motifs is 1. The SMILES string of the molecule is COCc1noc(N2CCC(Oc3cccc4[nH]ccc34)CC2)n1. The number of nitrogens with zero attached hydrogens (tertiary/aromatic N) is 3. The fraction of sp³-hybridized carbons (Fsp3) is 0.412. The maximum absolute atomic E-state index is 6.22. The summed E-state index contributed by atoms with van der Waals surface area (Å²) in [6, 6.07) is 8.71. The lowest BCUT2D eigenvalue weighted by atomic mass is 10.1. The van der Waals surface area contributed by atoms with E-state index in [0.29, 0.717) is 18.4 Å². The zero-order valence-electron chi connectivity index (χ0n) is 13.6. The number of rotatable bonds is 5. The molecule has 24 heavy (non-hydrogen) atoms. The average Bonchev–Trinajstić information content (AvgIpc) is 3.26. The molecule has 0 aliphatic carbocycles. The Morgan fingerprint density at radius 3 is 3.00 bits per heavy atom. The summed E-state index contributed by atoms with van der Waals surface area (Å²) < 4.78 is 16.5. The van der Waals surface area contributed by atoms with Crippen molar-refractivity contribution >= 4 is 16.9 Å². The van der Waals surface area contributed by atoms with Crippen LogP contribution in [0.1, 0.15) is 18.7 Å². The number of H-pyrrole nitrogens is 1. The van der Waals surface area contributed by atoms with Gasteiger partial charge in [0.2, 0.25) is 0 Å². The van der Waals surface area contributed by atoms with E-state index in [2.05, 4.69) is 32.2 Å². The standard InChI is InChI=1S/C17H20N4O3/c1-22-11-16-19-17(24-20-16)21-9-6-12(7-10-21)23-15-4-2-3-14-13(15)5-8-18-14/h2-5,8,12,18H,6-7,9-11H2,1H3. The van der Waals surface area contributed by atoms with Gasteiger partial charge >= 0.3 is 6.01 Å². The van der Waals surface area contributed by atoms with Crippen molar-refractivity contribution in [2.75, 3.05) is 25.1 Å². The van der Waals surface area contributed by atoms with E-state index < -0.39 is 0 Å². The molecule has 0 amide bonds. The number of hydrogen-bond donors (Lipinski definition) is 1. The number of anilines is 1. The van der Waals surface area contributed by atoms with Crippen LogP contribution in [0.5, 0.6) is 5.75 Å². The first kappa shape index (κ1) is 15.0. The Morgan fingerprint density at radius 1 is 1.29 bits per heavy atom. The number of piperidine rings is 1. The van der Waals surface area contributed by atoms with Crippen molar-refractivity contribution in [2.45, 2.75) is 25.6 Å². The van der Waals surface area contributed by atoms with Crippen LogP contribution in [-0.2, 0) is 11.3 Å². The van der Waals surface area contributed by atoms with Gasteiger partial charge in [0, 0.05) is 50.1 Å². The number of ether oxygens (including phenoxy) is 2. The number of nitrogens with one attached hydrogen (secondary N) is 1. The number of benzene rings is 1. The van der Waals surface area contributed by atoms with Gasteiger partial charge < -0.3 is 23.9 Å². The van der Waals surface area contributed by atoms with Crippen LogP contribution in [-0.4, -0.2) is 41.4 Å². The summed E-state index contributed by atoms with van der Waals surface area (Å²) in [6.07, 6.45) is 3.97. The summed E-state index contributed by atoms with van der Waals surface area (Å²) in [5.41, 5.74) is 1.10. The Bertz CT molecular complexity index is 805. The van der Waals surface area contributed by atoms with Gasteiger partial charge in [0.1, 0.15) is 18.5 Å². The quantitative estimate of drug-likeness (QED) is 0.776. The summed E-state index contributed by atoms with van der Waals surface area (Å²) in [6.45, 7) is 2.04. The molecule has 0 spiro atoms. The summed E-state index contributed by atoms with van der Waals surface area (Å²) in [7, 11) is 1.61. The summed E-state index contributed by atoms with van der Waals surface area (Å²) in [4.78, 5) is 9.66. The maximum atomic E-state index is 6.22. The molecule has 0 saturated carbocycles. The van der Waals surface area contributed by atoms with Crippen LogP contribution in [0.25, 0.3) is 10.9 Å². The van der Waals surface area contributed by atoms with Gasteiger partial charge in [-0.2, -0.15) is 4.98 Å². The molecule has 2 aromatic heterocycles. The van der Waals surface area contributed by atoms with E-state index in [9.17, 15) is 0 Å². The Labute approximate surface area is 139 Å². The van der Waals surface area contributed by atoms with E-state index in [1.807, 2.05) is 18.3 Å². The Kier molecular flexibility index (Phi) is 4.08. The number of aromatic nitrogens is 3. The van der Waals surface area contributed by atoms with Crippen molar-refractivity contribution in [3.63, 3.8) is 0 Å². The van der Waals surface area contributed by atoms with Crippen molar-refractivity contribution in [1.82, 2.24) is 15.1 Å². The van der Waals surface area contributed by atoms with Gasteiger partial charge in [0.25, 0.3) is 0 Å². The third kappa shape index (κ3) is 2.94. The second kappa shape index (κ2) is 6.52. The smallest absolute Gasteiger partial charge is 0.324 e. The van der Waals surface area contributed by atoms with Crippen LogP contribution in [0.15, 0.2) is 35.0 Å². The van der Waals surface area contributed by atoms with E-state index in [1.54, 1.807) is 7.11 Å². The molecule has 1 aromatic carbocycles. The minimum Gasteiger partial charge on any atom is -0.490 e. The van der Waals surface area contributed by atoms with E-state index in [0.717, 1.165) is 42.6 Å². The van der Waals surface area contributed by atoms with Crippen molar-refractivity contribution in [3.05, 3.63) is 36.3 Å². The number of hydrogen-bond acceptors (Lipinski definition) is 6. The molecule has 1 aliphatic rings. The van der Waals surface area contributed by atoms with Crippen molar-refractivity contribution in [3.8, 4) is 5.75 Å². The summed E-state index contributed by atoms with van der Waals surface area (Å²) >= 11 is 0. The predicted octanol–water partition coefficient (Wildman–Crippen LogP) is 2.75. The lowest BCUT2D eigenvalue weighted by Crippen LogP contribution is -2.38. The lowest BCUT2D eigenvalue weighted by Gasteiger charge is -2.30. The largest absolute Gasteiger partial charge is 0.490 e. The van der Waals surface area contributed by atoms with Crippen LogP contribution in [0.3, 0.4) is 0 Å². The topological polar surface area (TPSA) is 76.4 Å². The summed E-state index contributed by atoms with van der Waals surface area (Å²) in [5.74, 6) is 1.51. The van der Waals surface area contributed by atoms with Gasteiger partial charge in [-0.3, -0.25) is 0 Å². The van der Waals surface area contributed by atoms with Gasteiger partial charge in [-0.15, -0.1) is 0 Å². The minimum absolute atomic E-state index is 0.197. The fourth-order valence-electron chi connectivity index (χ4n) is 3.06. The van der Waals surface area contributed by atoms with E-state index in [1.165, 1.54) is 0 Å². The molecular formula is C17H20N4O3. The molecule has 3 heterocycles. The Morgan fingerprint density at radius 2 is 2.17 bits per heavy atom. The summed E-state index contributed by atoms with van der Waals surface area (Å²) in [5, 5.41) is 5.03. The van der Waals surface area contributed by atoms with Gasteiger partial charge in [-0.1, -0.05) is 11.2 Å². The molecule has 0 atom stereocenters. The highest BCUT2D eigenvalue weighted by Gasteiger charge is 2.24. The molecule has 0 unspecified atom stereocenters. The van der Waals surface area contributed by atoms with Crippen LogP contribution in [0, 0.1) is 0 Å². The monoisotopic (exact) mass is 328 g/mol. The van der Waals surface area contributed by atoms with E-state index in [-0.39, 0.29) is 6.10 Å². The number of methoxy groups -OCH3 is 1. The maximum Gasteiger partial charge on any atom is 0.324 e. The van der Waals surface area contributed by atoms with Crippen molar-refractivity contribution < 1.29 is 14.0 Å². The number of aromatic amines is 1. The van der Waals surface area contributed by atoms with Crippen molar-refractivity contribution in [1.29, 1.82) is 0 Å². The highest BCUT2D eigenvalue weighted by Crippen LogP contribution is 2.28. The van der Waals surface area contributed by atoms with Gasteiger partial charge in [-0.05, 0) is 18.2 Å². The normalized spacial score (nSPS) is 16.0. The zero-order chi connectivity index (χ0) is 16.4. The van der Waals surface area contributed by atoms with Crippen molar-refractivity contribution in [2.24, 2.45) is 0 Å². The highest BCUT2D eigenvalue weighted by atomic mass is 16.5. The van der Waals surface area contributed by atoms with Gasteiger partial charge in [0.15, 0.2) is 5.82 Å². The average molecular weight is 328 g/mol. The molecule has 4 rings (SSSR count). The second-order valence-electron chi connectivity index (χ2n) is 5.93. The Hall–Kier alpha value is -2.54. The highest BCUT2D eigenvalue weighted by molar-refractivity contribution is 5.85. The third-order valence-electron chi connectivity index (χ3n) is 4.29. The van der Waals surface area contributed by atoms with Crippen LogP contribution in [0.2, 0.25) is 0 Å². The minimum atomic E-state index is 0.197. The van der Waals surface area contributed by atoms with Gasteiger partial charge in [0.05, 0.1) is 0 Å². The first-order valence-electron chi connectivity index (χ1n) is 8.13. The van der Waals surface area contributed by atoms with E-state index in [4.69, 9.17) is 14.0 Å². The van der Waals surface area contributed by atoms with E-state index >= 15 is 0 Å². The van der Waals surface area contributed by atoms with Crippen LogP contribution < -0.4 is 9.64 Å². The van der Waals surface area contributed by atoms with Gasteiger partial charge in [-0.25, -0.2) is 0 Å². The molecule has 0 radical (unpaired) electrons. The molecule has 7 nitrogen and oxygen atoms in total. The molecule has 0 bridgehead atoms. The molecule has 1 aliphatic heterocycles. The first-order chi connectivity index (χ1) is 11.8. The third-order valence-corrected chi connectivity index (χ3v) is 4.29. The fourth-order valence-corrected chi connectivity index (χ4v) is 3.06.